The van der Waals surface area contributed by atoms with E-state index in [1.165, 1.54) is 25.9 Å². The van der Waals surface area contributed by atoms with Crippen LogP contribution in [-0.2, 0) is 0 Å². The largest absolute Gasteiger partial charge is 0.492 e. The molecule has 132 valence electrons. The van der Waals surface area contributed by atoms with Crippen LogP contribution in [0.3, 0.4) is 0 Å². The number of halogens is 1. The minimum absolute atomic E-state index is 0.0444. The Hall–Kier alpha value is -1.46. The number of para-hydroxylation sites is 1. The van der Waals surface area contributed by atoms with Crippen LogP contribution in [0.2, 0.25) is 5.02 Å². The van der Waals surface area contributed by atoms with E-state index in [1.807, 2.05) is 18.2 Å². The summed E-state index contributed by atoms with van der Waals surface area (Å²) in [6.07, 6.45) is 5.57. The van der Waals surface area contributed by atoms with Gasteiger partial charge in [0.25, 0.3) is 0 Å². The number of amides is 2. The van der Waals surface area contributed by atoms with Gasteiger partial charge >= 0.3 is 6.03 Å². The summed E-state index contributed by atoms with van der Waals surface area (Å²) in [5, 5.41) is 6.59. The lowest BCUT2D eigenvalue weighted by atomic mass is 10.0. The van der Waals surface area contributed by atoms with Gasteiger partial charge in [-0.25, -0.2) is 4.79 Å². The average molecular weight is 352 g/mol. The molecule has 0 bridgehead atoms. The second-order valence-corrected chi connectivity index (χ2v) is 6.91. The van der Waals surface area contributed by atoms with E-state index in [-0.39, 0.29) is 12.1 Å². The minimum atomic E-state index is -0.117. The summed E-state index contributed by atoms with van der Waals surface area (Å²) in [6.45, 7) is 4.90. The number of carbonyl (C=O) groups excluding carboxylic acids is 1. The van der Waals surface area contributed by atoms with Crippen LogP contribution in [0.15, 0.2) is 18.2 Å². The van der Waals surface area contributed by atoms with Crippen LogP contribution in [0.25, 0.3) is 0 Å². The van der Waals surface area contributed by atoms with E-state index in [0.29, 0.717) is 23.9 Å². The van der Waals surface area contributed by atoms with Crippen molar-refractivity contribution in [3.8, 4) is 5.75 Å². The van der Waals surface area contributed by atoms with E-state index in [0.717, 1.165) is 31.4 Å². The molecule has 24 heavy (non-hydrogen) atoms. The fourth-order valence-corrected chi connectivity index (χ4v) is 3.65. The molecule has 1 atom stereocenters. The van der Waals surface area contributed by atoms with Crippen LogP contribution in [0, 0.1) is 0 Å². The molecule has 0 saturated carbocycles. The number of hydrogen-bond donors (Lipinski definition) is 2. The molecule has 2 heterocycles. The van der Waals surface area contributed by atoms with E-state index in [1.54, 1.807) is 0 Å². The predicted octanol–water partition coefficient (Wildman–Crippen LogP) is 3.34. The smallest absolute Gasteiger partial charge is 0.315 e. The first-order chi connectivity index (χ1) is 11.7. The van der Waals surface area contributed by atoms with Crippen molar-refractivity contribution in [2.75, 3.05) is 32.8 Å². The van der Waals surface area contributed by atoms with Gasteiger partial charge in [0, 0.05) is 18.5 Å². The highest BCUT2D eigenvalue weighted by molar-refractivity contribution is 6.32. The van der Waals surface area contributed by atoms with Gasteiger partial charge in [0.2, 0.25) is 0 Å². The molecular formula is C18H26ClN3O2. The molecule has 1 saturated heterocycles. The Labute approximate surface area is 148 Å². The first kappa shape index (κ1) is 17.4. The van der Waals surface area contributed by atoms with Gasteiger partial charge in [-0.2, -0.15) is 0 Å². The van der Waals surface area contributed by atoms with E-state index in [2.05, 4.69) is 15.5 Å². The molecule has 2 amide bonds. The Morgan fingerprint density at radius 1 is 1.29 bits per heavy atom. The van der Waals surface area contributed by atoms with Crippen LogP contribution in [0.1, 0.15) is 43.7 Å². The summed E-state index contributed by atoms with van der Waals surface area (Å²) in [4.78, 5) is 14.6. The number of likely N-dealkylation sites (tertiary alicyclic amines) is 1. The third kappa shape index (κ3) is 4.54. The second-order valence-electron chi connectivity index (χ2n) is 6.50. The number of urea groups is 1. The van der Waals surface area contributed by atoms with Gasteiger partial charge in [-0.3, -0.25) is 0 Å². The topological polar surface area (TPSA) is 53.6 Å². The number of rotatable bonds is 6. The quantitative estimate of drug-likeness (QED) is 0.773. The lowest BCUT2D eigenvalue weighted by molar-refractivity contribution is 0.223. The molecule has 0 aromatic heterocycles. The Kier molecular flexibility index (Phi) is 6.21. The summed E-state index contributed by atoms with van der Waals surface area (Å²) in [5.41, 5.74) is 0.956. The molecule has 1 aromatic carbocycles. The summed E-state index contributed by atoms with van der Waals surface area (Å²) in [7, 11) is 0. The van der Waals surface area contributed by atoms with Crippen molar-refractivity contribution in [2.45, 2.75) is 38.1 Å². The second kappa shape index (κ2) is 8.58. The van der Waals surface area contributed by atoms with E-state index < -0.39 is 0 Å². The van der Waals surface area contributed by atoms with Gasteiger partial charge in [0.15, 0.2) is 0 Å². The molecule has 5 nitrogen and oxygen atoms in total. The molecule has 0 spiro atoms. The van der Waals surface area contributed by atoms with Crippen LogP contribution < -0.4 is 15.4 Å². The van der Waals surface area contributed by atoms with E-state index >= 15 is 0 Å². The van der Waals surface area contributed by atoms with Crippen molar-refractivity contribution in [1.82, 2.24) is 15.5 Å². The van der Waals surface area contributed by atoms with Gasteiger partial charge in [-0.05, 0) is 51.4 Å². The molecule has 2 N–H and O–H groups in total. The lowest BCUT2D eigenvalue weighted by Crippen LogP contribution is -2.40. The maximum atomic E-state index is 12.1. The Bertz CT molecular complexity index is 561. The Morgan fingerprint density at radius 2 is 2.12 bits per heavy atom. The maximum absolute atomic E-state index is 12.1. The Balaban J connectivity index is 1.39. The predicted molar refractivity (Wildman–Crippen MR) is 95.7 cm³/mol. The zero-order valence-electron chi connectivity index (χ0n) is 14.0. The highest BCUT2D eigenvalue weighted by atomic mass is 35.5. The van der Waals surface area contributed by atoms with Crippen LogP contribution >= 0.6 is 11.6 Å². The minimum Gasteiger partial charge on any atom is -0.492 e. The van der Waals surface area contributed by atoms with E-state index in [9.17, 15) is 4.79 Å². The van der Waals surface area contributed by atoms with Crippen molar-refractivity contribution < 1.29 is 9.53 Å². The molecule has 0 radical (unpaired) electrons. The highest BCUT2D eigenvalue weighted by Crippen LogP contribution is 2.37. The van der Waals surface area contributed by atoms with Crippen molar-refractivity contribution in [3.05, 3.63) is 28.8 Å². The van der Waals surface area contributed by atoms with Gasteiger partial charge in [0.1, 0.15) is 5.75 Å². The number of hydrogen-bond acceptors (Lipinski definition) is 3. The Morgan fingerprint density at radius 3 is 2.96 bits per heavy atom. The maximum Gasteiger partial charge on any atom is 0.315 e. The monoisotopic (exact) mass is 351 g/mol. The molecular weight excluding hydrogens is 326 g/mol. The van der Waals surface area contributed by atoms with Crippen LogP contribution in [0.4, 0.5) is 4.79 Å². The number of benzene rings is 1. The number of nitrogens with one attached hydrogen (secondary N) is 2. The van der Waals surface area contributed by atoms with Crippen molar-refractivity contribution in [3.63, 3.8) is 0 Å². The highest BCUT2D eigenvalue weighted by Gasteiger charge is 2.24. The van der Waals surface area contributed by atoms with Crippen molar-refractivity contribution in [1.29, 1.82) is 0 Å². The molecule has 0 unspecified atom stereocenters. The molecule has 0 aliphatic carbocycles. The van der Waals surface area contributed by atoms with Crippen molar-refractivity contribution >= 4 is 17.6 Å². The van der Waals surface area contributed by atoms with Crippen LogP contribution in [-0.4, -0.2) is 43.7 Å². The standard InChI is InChI=1S/C18H26ClN3O2/c19-15-7-5-6-14-16(8-13-24-17(14)15)21-18(23)20-9-1-2-10-22-11-3-4-12-22/h5-7,16H,1-4,8-13H2,(H2,20,21,23)/t16-/m1/s1. The summed E-state index contributed by atoms with van der Waals surface area (Å²) in [5.74, 6) is 0.696. The molecule has 2 aliphatic heterocycles. The summed E-state index contributed by atoms with van der Waals surface area (Å²) < 4.78 is 5.62. The number of nitrogens with zero attached hydrogens (tertiary/aromatic N) is 1. The molecule has 2 aliphatic rings. The third-order valence-electron chi connectivity index (χ3n) is 4.72. The first-order valence-electron chi connectivity index (χ1n) is 8.92. The van der Waals surface area contributed by atoms with Crippen LogP contribution in [0.5, 0.6) is 5.75 Å². The zero-order chi connectivity index (χ0) is 16.8. The van der Waals surface area contributed by atoms with Gasteiger partial charge in [-0.1, -0.05) is 23.7 Å². The normalized spacial score (nSPS) is 20.3. The fraction of sp³-hybridized carbons (Fsp3) is 0.611. The van der Waals surface area contributed by atoms with Gasteiger partial charge < -0.3 is 20.3 Å². The fourth-order valence-electron chi connectivity index (χ4n) is 3.41. The number of fused-ring (bicyclic) bond motifs is 1. The molecule has 1 aromatic rings. The number of carbonyl (C=O) groups is 1. The first-order valence-corrected chi connectivity index (χ1v) is 9.30. The number of ether oxygens (including phenoxy) is 1. The summed E-state index contributed by atoms with van der Waals surface area (Å²) in [6, 6.07) is 5.50. The molecule has 6 heteroatoms. The average Bonchev–Trinajstić information content (AvgIpc) is 3.09. The lowest BCUT2D eigenvalue weighted by Gasteiger charge is -2.27. The number of unbranched alkanes of at least 4 members (excludes halogenated alkanes) is 1. The van der Waals surface area contributed by atoms with E-state index in [4.69, 9.17) is 16.3 Å². The zero-order valence-corrected chi connectivity index (χ0v) is 14.8. The van der Waals surface area contributed by atoms with Gasteiger partial charge in [-0.15, -0.1) is 0 Å². The van der Waals surface area contributed by atoms with Gasteiger partial charge in [0.05, 0.1) is 17.7 Å². The molecule has 3 rings (SSSR count). The summed E-state index contributed by atoms with van der Waals surface area (Å²) >= 11 is 6.16. The van der Waals surface area contributed by atoms with Crippen molar-refractivity contribution in [2.24, 2.45) is 0 Å². The molecule has 1 fully saturated rings. The SMILES string of the molecule is O=C(NCCCCN1CCCC1)N[C@@H]1CCOc2c(Cl)cccc21. The third-order valence-corrected chi connectivity index (χ3v) is 5.01.